The van der Waals surface area contributed by atoms with Crippen molar-refractivity contribution in [2.45, 2.75) is 0 Å². The summed E-state index contributed by atoms with van der Waals surface area (Å²) in [5, 5.41) is 13.6. The maximum atomic E-state index is 11.9. The zero-order chi connectivity index (χ0) is 13.7. The molecule has 2 aromatic carbocycles. The summed E-state index contributed by atoms with van der Waals surface area (Å²) >= 11 is 0. The number of nitrogens with one attached hydrogen (secondary N) is 1. The minimum atomic E-state index is -0.512. The molecule has 5 heteroatoms. The van der Waals surface area contributed by atoms with Crippen molar-refractivity contribution in [3.63, 3.8) is 0 Å². The van der Waals surface area contributed by atoms with Crippen LogP contribution in [0.4, 0.5) is 11.4 Å². The first-order chi connectivity index (χ1) is 9.16. The van der Waals surface area contributed by atoms with Crippen molar-refractivity contribution in [2.24, 2.45) is 0 Å². The average molecular weight is 256 g/mol. The second kappa shape index (κ2) is 5.77. The van der Waals surface area contributed by atoms with E-state index in [9.17, 15) is 14.9 Å². The van der Waals surface area contributed by atoms with E-state index in [0.717, 1.165) is 5.69 Å². The summed E-state index contributed by atoms with van der Waals surface area (Å²) in [6.07, 6.45) is 0. The molecule has 0 unspecified atom stereocenters. The van der Waals surface area contributed by atoms with Gasteiger partial charge < -0.3 is 5.32 Å². The third-order valence-corrected chi connectivity index (χ3v) is 2.61. The monoisotopic (exact) mass is 256 g/mol. The number of anilines is 1. The smallest absolute Gasteiger partial charge is 0.270 e. The highest BCUT2D eigenvalue weighted by Crippen LogP contribution is 2.14. The van der Waals surface area contributed by atoms with Gasteiger partial charge in [0, 0.05) is 23.4 Å². The highest BCUT2D eigenvalue weighted by atomic mass is 16.6. The fraction of sp³-hybridized carbons (Fsp3) is 0.0714. The van der Waals surface area contributed by atoms with Crippen LogP contribution in [-0.4, -0.2) is 17.3 Å². The predicted molar refractivity (Wildman–Crippen MR) is 72.4 cm³/mol. The molecule has 96 valence electrons. The van der Waals surface area contributed by atoms with Gasteiger partial charge in [-0.2, -0.15) is 0 Å². The quantitative estimate of drug-likeness (QED) is 0.507. The number of benzene rings is 2. The van der Waals surface area contributed by atoms with Crippen molar-refractivity contribution in [1.82, 2.24) is 0 Å². The van der Waals surface area contributed by atoms with Gasteiger partial charge in [-0.05, 0) is 12.1 Å². The number of Topliss-reactive ketones (excluding diaryl/α,β-unsaturated/α-hetero) is 1. The largest absolute Gasteiger partial charge is 0.378 e. The molecule has 0 saturated carbocycles. The van der Waals surface area contributed by atoms with E-state index >= 15 is 0 Å². The van der Waals surface area contributed by atoms with Crippen molar-refractivity contribution < 1.29 is 9.72 Å². The van der Waals surface area contributed by atoms with Crippen LogP contribution in [0.15, 0.2) is 54.6 Å². The van der Waals surface area contributed by atoms with Crippen molar-refractivity contribution in [2.75, 3.05) is 11.9 Å². The number of nitro groups is 1. The number of hydrogen-bond donors (Lipinski definition) is 1. The van der Waals surface area contributed by atoms with Gasteiger partial charge in [-0.3, -0.25) is 14.9 Å². The maximum Gasteiger partial charge on any atom is 0.270 e. The fourth-order valence-electron chi connectivity index (χ4n) is 1.63. The molecular weight excluding hydrogens is 244 g/mol. The van der Waals surface area contributed by atoms with E-state index in [1.165, 1.54) is 18.2 Å². The molecule has 0 aliphatic rings. The second-order valence-electron chi connectivity index (χ2n) is 3.95. The van der Waals surface area contributed by atoms with Crippen LogP contribution >= 0.6 is 0 Å². The van der Waals surface area contributed by atoms with Crippen molar-refractivity contribution in [3.8, 4) is 0 Å². The Balaban J connectivity index is 2.04. The number of ketones is 1. The molecule has 19 heavy (non-hydrogen) atoms. The van der Waals surface area contributed by atoms with Crippen molar-refractivity contribution in [3.05, 3.63) is 70.3 Å². The Morgan fingerprint density at radius 2 is 1.84 bits per heavy atom. The molecule has 0 aromatic heterocycles. The third kappa shape index (κ3) is 3.38. The van der Waals surface area contributed by atoms with Gasteiger partial charge in [0.2, 0.25) is 0 Å². The van der Waals surface area contributed by atoms with Crippen molar-refractivity contribution in [1.29, 1.82) is 0 Å². The van der Waals surface area contributed by atoms with Gasteiger partial charge in [-0.25, -0.2) is 0 Å². The Kier molecular flexibility index (Phi) is 3.87. The molecule has 0 aliphatic carbocycles. The summed E-state index contributed by atoms with van der Waals surface area (Å²) in [5.74, 6) is -0.187. The highest BCUT2D eigenvalue weighted by molar-refractivity contribution is 5.99. The number of hydrogen-bond acceptors (Lipinski definition) is 4. The van der Waals surface area contributed by atoms with Gasteiger partial charge in [0.15, 0.2) is 5.78 Å². The number of carbonyl (C=O) groups is 1. The Morgan fingerprint density at radius 1 is 1.11 bits per heavy atom. The number of rotatable bonds is 5. The zero-order valence-corrected chi connectivity index (χ0v) is 10.1. The van der Waals surface area contributed by atoms with E-state index in [-0.39, 0.29) is 18.0 Å². The van der Waals surface area contributed by atoms with Crippen LogP contribution in [0.3, 0.4) is 0 Å². The van der Waals surface area contributed by atoms with Crippen molar-refractivity contribution >= 4 is 17.2 Å². The first kappa shape index (κ1) is 12.8. The van der Waals surface area contributed by atoms with E-state index in [1.54, 1.807) is 6.07 Å². The van der Waals surface area contributed by atoms with Crippen LogP contribution in [0, 0.1) is 10.1 Å². The average Bonchev–Trinajstić information content (AvgIpc) is 2.46. The lowest BCUT2D eigenvalue weighted by atomic mass is 10.1. The number of para-hydroxylation sites is 1. The Bertz CT molecular complexity index is 597. The van der Waals surface area contributed by atoms with E-state index in [2.05, 4.69) is 5.32 Å². The minimum absolute atomic E-state index is 0.0782. The summed E-state index contributed by atoms with van der Waals surface area (Å²) in [7, 11) is 0. The van der Waals surface area contributed by atoms with Crippen LogP contribution in [0.5, 0.6) is 0 Å². The molecular formula is C14H12N2O3. The number of carbonyl (C=O) groups excluding carboxylic acids is 1. The SMILES string of the molecule is O=C(CNc1ccccc1)c1cccc([N+](=O)[O-])c1. The summed E-state index contributed by atoms with van der Waals surface area (Å²) < 4.78 is 0. The molecule has 0 fully saturated rings. The topological polar surface area (TPSA) is 72.2 Å². The van der Waals surface area contributed by atoms with E-state index < -0.39 is 4.92 Å². The first-order valence-electron chi connectivity index (χ1n) is 5.73. The van der Waals surface area contributed by atoms with Crippen LogP contribution in [0.2, 0.25) is 0 Å². The molecule has 0 saturated heterocycles. The lowest BCUT2D eigenvalue weighted by Gasteiger charge is -2.05. The molecule has 2 aromatic rings. The van der Waals surface area contributed by atoms with Crippen LogP contribution in [0.1, 0.15) is 10.4 Å². The lowest BCUT2D eigenvalue weighted by molar-refractivity contribution is -0.384. The molecule has 5 nitrogen and oxygen atoms in total. The standard InChI is InChI=1S/C14H12N2O3/c17-14(10-15-12-6-2-1-3-7-12)11-5-4-8-13(9-11)16(18)19/h1-9,15H,10H2. The number of nitrogens with zero attached hydrogens (tertiary/aromatic N) is 1. The van der Waals surface area contributed by atoms with Crippen LogP contribution in [0.25, 0.3) is 0 Å². The molecule has 0 atom stereocenters. The minimum Gasteiger partial charge on any atom is -0.378 e. The summed E-state index contributed by atoms with van der Waals surface area (Å²) in [4.78, 5) is 22.0. The molecule has 0 heterocycles. The Morgan fingerprint density at radius 3 is 2.53 bits per heavy atom. The molecule has 0 radical (unpaired) electrons. The highest BCUT2D eigenvalue weighted by Gasteiger charge is 2.11. The van der Waals surface area contributed by atoms with Crippen LogP contribution in [-0.2, 0) is 0 Å². The molecule has 0 bridgehead atoms. The molecule has 0 aliphatic heterocycles. The molecule has 0 amide bonds. The van der Waals surface area contributed by atoms with E-state index in [1.807, 2.05) is 30.3 Å². The number of nitro benzene ring substituents is 1. The summed E-state index contributed by atoms with van der Waals surface area (Å²) in [6.45, 7) is 0.102. The van der Waals surface area contributed by atoms with Gasteiger partial charge in [0.25, 0.3) is 5.69 Å². The van der Waals surface area contributed by atoms with E-state index in [4.69, 9.17) is 0 Å². The predicted octanol–water partition coefficient (Wildman–Crippen LogP) is 2.89. The number of non-ortho nitro benzene ring substituents is 1. The first-order valence-corrected chi connectivity index (χ1v) is 5.73. The second-order valence-corrected chi connectivity index (χ2v) is 3.95. The van der Waals surface area contributed by atoms with Gasteiger partial charge in [-0.15, -0.1) is 0 Å². The third-order valence-electron chi connectivity index (χ3n) is 2.61. The molecule has 0 spiro atoms. The summed E-state index contributed by atoms with van der Waals surface area (Å²) in [5.41, 5.74) is 1.09. The van der Waals surface area contributed by atoms with Crippen LogP contribution < -0.4 is 5.32 Å². The fourth-order valence-corrected chi connectivity index (χ4v) is 1.63. The maximum absolute atomic E-state index is 11.9. The van der Waals surface area contributed by atoms with Gasteiger partial charge >= 0.3 is 0 Å². The Labute approximate surface area is 110 Å². The molecule has 2 rings (SSSR count). The molecule has 1 N–H and O–H groups in total. The van der Waals surface area contributed by atoms with Gasteiger partial charge in [-0.1, -0.05) is 30.3 Å². The van der Waals surface area contributed by atoms with Gasteiger partial charge in [0.05, 0.1) is 11.5 Å². The van der Waals surface area contributed by atoms with E-state index in [0.29, 0.717) is 5.56 Å². The Hall–Kier alpha value is -2.69. The summed E-state index contributed by atoms with van der Waals surface area (Å²) in [6, 6.07) is 15.0. The zero-order valence-electron chi connectivity index (χ0n) is 10.1. The van der Waals surface area contributed by atoms with Gasteiger partial charge in [0.1, 0.15) is 0 Å². The normalized spacial score (nSPS) is 9.89. The lowest BCUT2D eigenvalue weighted by Crippen LogP contribution is -2.14.